The predicted molar refractivity (Wildman–Crippen MR) is 78.7 cm³/mol. The molecule has 0 saturated carbocycles. The summed E-state index contributed by atoms with van der Waals surface area (Å²) in [5, 5.41) is 12.7. The van der Waals surface area contributed by atoms with Crippen molar-refractivity contribution < 1.29 is 9.72 Å². The minimum atomic E-state index is -0.526. The molecule has 6 nitrogen and oxygen atoms in total. The first-order valence-electron chi connectivity index (χ1n) is 5.55. The molecule has 0 N–H and O–H groups in total. The number of halogens is 1. The van der Waals surface area contributed by atoms with E-state index in [-0.39, 0.29) is 17.2 Å². The Morgan fingerprint density at radius 1 is 1.55 bits per heavy atom. The molecule has 1 aromatic carbocycles. The van der Waals surface area contributed by atoms with Crippen LogP contribution in [0.1, 0.15) is 16.1 Å². The Kier molecular flexibility index (Phi) is 4.46. The van der Waals surface area contributed by atoms with Gasteiger partial charge in [0.2, 0.25) is 0 Å². The monoisotopic (exact) mass is 355 g/mol. The van der Waals surface area contributed by atoms with E-state index in [2.05, 4.69) is 20.9 Å². The SMILES string of the molecule is CN(Cc1cscn1)C(=O)c1ccc(Br)c([N+](=O)[O-])c1. The average molecular weight is 356 g/mol. The zero-order valence-corrected chi connectivity index (χ0v) is 12.8. The van der Waals surface area contributed by atoms with Gasteiger partial charge in [-0.15, -0.1) is 11.3 Å². The van der Waals surface area contributed by atoms with Gasteiger partial charge in [0, 0.05) is 24.1 Å². The molecule has 1 amide bonds. The van der Waals surface area contributed by atoms with Crippen molar-refractivity contribution in [1.82, 2.24) is 9.88 Å². The number of hydrogen-bond acceptors (Lipinski definition) is 5. The molecular weight excluding hydrogens is 346 g/mol. The smallest absolute Gasteiger partial charge is 0.284 e. The van der Waals surface area contributed by atoms with E-state index in [9.17, 15) is 14.9 Å². The minimum absolute atomic E-state index is 0.127. The van der Waals surface area contributed by atoms with Crippen LogP contribution in [0, 0.1) is 10.1 Å². The number of carbonyl (C=O) groups is 1. The molecule has 0 aliphatic rings. The first kappa shape index (κ1) is 14.6. The standard InChI is InChI=1S/C12H10BrN3O3S/c1-15(5-9-6-20-7-14-9)12(17)8-2-3-10(13)11(4-8)16(18)19/h2-4,6-7H,5H2,1H3. The first-order chi connectivity index (χ1) is 9.49. The van der Waals surface area contributed by atoms with Crippen molar-refractivity contribution in [3.8, 4) is 0 Å². The summed E-state index contributed by atoms with van der Waals surface area (Å²) in [5.41, 5.74) is 2.63. The van der Waals surface area contributed by atoms with Crippen LogP contribution in [-0.2, 0) is 6.54 Å². The molecule has 0 bridgehead atoms. The van der Waals surface area contributed by atoms with Crippen LogP contribution in [0.2, 0.25) is 0 Å². The van der Waals surface area contributed by atoms with E-state index in [1.165, 1.54) is 28.4 Å². The molecule has 0 atom stereocenters. The molecule has 1 aromatic heterocycles. The van der Waals surface area contributed by atoms with Crippen molar-refractivity contribution in [2.75, 3.05) is 7.05 Å². The summed E-state index contributed by atoms with van der Waals surface area (Å²) in [5.74, 6) is -0.284. The number of nitro groups is 1. The summed E-state index contributed by atoms with van der Waals surface area (Å²) >= 11 is 4.54. The highest BCUT2D eigenvalue weighted by molar-refractivity contribution is 9.10. The van der Waals surface area contributed by atoms with Crippen molar-refractivity contribution in [3.63, 3.8) is 0 Å². The highest BCUT2D eigenvalue weighted by Crippen LogP contribution is 2.26. The normalized spacial score (nSPS) is 10.3. The predicted octanol–water partition coefficient (Wildman–Crippen LogP) is 3.09. The topological polar surface area (TPSA) is 76.3 Å². The number of benzene rings is 1. The molecule has 0 spiro atoms. The van der Waals surface area contributed by atoms with Crippen molar-refractivity contribution in [1.29, 1.82) is 0 Å². The van der Waals surface area contributed by atoms with E-state index in [1.54, 1.807) is 18.6 Å². The van der Waals surface area contributed by atoms with Crippen LogP contribution in [0.5, 0.6) is 0 Å². The van der Waals surface area contributed by atoms with E-state index in [0.29, 0.717) is 11.0 Å². The summed E-state index contributed by atoms with van der Waals surface area (Å²) in [6.07, 6.45) is 0. The lowest BCUT2D eigenvalue weighted by molar-refractivity contribution is -0.385. The summed E-state index contributed by atoms with van der Waals surface area (Å²) in [7, 11) is 1.63. The number of aromatic nitrogens is 1. The van der Waals surface area contributed by atoms with Gasteiger partial charge >= 0.3 is 0 Å². The zero-order chi connectivity index (χ0) is 14.7. The third kappa shape index (κ3) is 3.20. The van der Waals surface area contributed by atoms with Crippen LogP contribution in [0.3, 0.4) is 0 Å². The fourth-order valence-electron chi connectivity index (χ4n) is 1.64. The molecule has 0 saturated heterocycles. The summed E-state index contributed by atoms with van der Waals surface area (Å²) in [6, 6.07) is 4.32. The molecule has 2 rings (SSSR count). The van der Waals surface area contributed by atoms with Gasteiger partial charge in [-0.3, -0.25) is 14.9 Å². The van der Waals surface area contributed by atoms with Gasteiger partial charge in [0.1, 0.15) is 0 Å². The minimum Gasteiger partial charge on any atom is -0.336 e. The van der Waals surface area contributed by atoms with Gasteiger partial charge in [-0.25, -0.2) is 4.98 Å². The molecule has 2 aromatic rings. The third-order valence-electron chi connectivity index (χ3n) is 2.62. The van der Waals surface area contributed by atoms with E-state index in [1.807, 2.05) is 5.38 Å². The van der Waals surface area contributed by atoms with Crippen LogP contribution in [0.15, 0.2) is 33.6 Å². The number of thiazole rings is 1. The zero-order valence-electron chi connectivity index (χ0n) is 10.4. The van der Waals surface area contributed by atoms with Crippen LogP contribution < -0.4 is 0 Å². The van der Waals surface area contributed by atoms with Gasteiger partial charge in [-0.1, -0.05) is 0 Å². The third-order valence-corrected chi connectivity index (χ3v) is 3.92. The van der Waals surface area contributed by atoms with E-state index in [4.69, 9.17) is 0 Å². The molecule has 1 heterocycles. The second-order valence-electron chi connectivity index (χ2n) is 4.06. The quantitative estimate of drug-likeness (QED) is 0.623. The van der Waals surface area contributed by atoms with Gasteiger partial charge in [-0.05, 0) is 28.1 Å². The van der Waals surface area contributed by atoms with E-state index < -0.39 is 4.92 Å². The summed E-state index contributed by atoms with van der Waals surface area (Å²) in [4.78, 5) is 28.1. The molecule has 0 radical (unpaired) electrons. The lowest BCUT2D eigenvalue weighted by atomic mass is 10.2. The molecule has 8 heteroatoms. The Labute approximate surface area is 127 Å². The number of rotatable bonds is 4. The number of amides is 1. The second kappa shape index (κ2) is 6.10. The lowest BCUT2D eigenvalue weighted by Gasteiger charge is -2.15. The lowest BCUT2D eigenvalue weighted by Crippen LogP contribution is -2.26. The van der Waals surface area contributed by atoms with Gasteiger partial charge < -0.3 is 4.90 Å². The van der Waals surface area contributed by atoms with Gasteiger partial charge in [-0.2, -0.15) is 0 Å². The fraction of sp³-hybridized carbons (Fsp3) is 0.167. The molecular formula is C12H10BrN3O3S. The number of nitro benzene ring substituents is 1. The number of hydrogen-bond donors (Lipinski definition) is 0. The van der Waals surface area contributed by atoms with E-state index >= 15 is 0 Å². The van der Waals surface area contributed by atoms with Gasteiger partial charge in [0.05, 0.1) is 27.1 Å². The summed E-state index contributed by atoms with van der Waals surface area (Å²) in [6.45, 7) is 0.367. The number of carbonyl (C=O) groups excluding carboxylic acids is 1. The Bertz CT molecular complexity index is 645. The number of nitrogens with zero attached hydrogens (tertiary/aromatic N) is 3. The second-order valence-corrected chi connectivity index (χ2v) is 5.64. The van der Waals surface area contributed by atoms with Crippen molar-refractivity contribution >= 4 is 38.9 Å². The van der Waals surface area contributed by atoms with Crippen molar-refractivity contribution in [2.45, 2.75) is 6.54 Å². The van der Waals surface area contributed by atoms with E-state index in [0.717, 1.165) is 5.69 Å². The van der Waals surface area contributed by atoms with Gasteiger partial charge in [0.15, 0.2) is 0 Å². The molecule has 0 fully saturated rings. The Morgan fingerprint density at radius 3 is 2.90 bits per heavy atom. The molecule has 0 unspecified atom stereocenters. The van der Waals surface area contributed by atoms with Gasteiger partial charge in [0.25, 0.3) is 11.6 Å². The average Bonchev–Trinajstić information content (AvgIpc) is 2.91. The maximum Gasteiger partial charge on any atom is 0.284 e. The maximum absolute atomic E-state index is 12.2. The highest BCUT2D eigenvalue weighted by Gasteiger charge is 2.18. The highest BCUT2D eigenvalue weighted by atomic mass is 79.9. The van der Waals surface area contributed by atoms with Crippen molar-refractivity contribution in [3.05, 3.63) is 54.9 Å². The molecule has 0 aliphatic carbocycles. The molecule has 20 heavy (non-hydrogen) atoms. The van der Waals surface area contributed by atoms with Crippen LogP contribution in [0.4, 0.5) is 5.69 Å². The van der Waals surface area contributed by atoms with Crippen LogP contribution in [-0.4, -0.2) is 27.8 Å². The Hall–Kier alpha value is -1.80. The van der Waals surface area contributed by atoms with Crippen LogP contribution >= 0.6 is 27.3 Å². The van der Waals surface area contributed by atoms with Crippen LogP contribution in [0.25, 0.3) is 0 Å². The fourth-order valence-corrected chi connectivity index (χ4v) is 2.58. The maximum atomic E-state index is 12.2. The van der Waals surface area contributed by atoms with Crippen molar-refractivity contribution in [2.24, 2.45) is 0 Å². The molecule has 104 valence electrons. The first-order valence-corrected chi connectivity index (χ1v) is 7.29. The Balaban J connectivity index is 2.20. The largest absolute Gasteiger partial charge is 0.336 e. The summed E-state index contributed by atoms with van der Waals surface area (Å²) < 4.78 is 0.348. The molecule has 0 aliphatic heterocycles. The Morgan fingerprint density at radius 2 is 2.30 bits per heavy atom.